The number of aliphatic hydroxyl groups is 1. The van der Waals surface area contributed by atoms with E-state index in [0.29, 0.717) is 11.7 Å². The number of hydrogen-bond acceptors (Lipinski definition) is 7. The zero-order valence-corrected chi connectivity index (χ0v) is 15.4. The number of ketones is 1. The van der Waals surface area contributed by atoms with Crippen LogP contribution in [0.5, 0.6) is 0 Å². The summed E-state index contributed by atoms with van der Waals surface area (Å²) in [7, 11) is -5.53. The molecule has 0 bridgehead atoms. The number of hydrogen-bond donors (Lipinski definition) is 1. The molecular weight excluding hydrogens is 405 g/mol. The van der Waals surface area contributed by atoms with E-state index in [1.807, 2.05) is 4.90 Å². The molecule has 1 aliphatic heterocycles. The standard InChI is InChI=1S/C16H15F3N2O4S2/c17-16(18,19)27(24,25)12-5-1-3-10(7-12)14(23)13-8-20-15(26-13)21-6-2-4-11(21)9-22/h1,3,5,7-8,11,22H,2,4,6,9H2/t11-/m0/s1. The number of sulfone groups is 1. The molecule has 0 spiro atoms. The number of thiazole rings is 1. The summed E-state index contributed by atoms with van der Waals surface area (Å²) in [6.07, 6.45) is 2.99. The minimum atomic E-state index is -5.53. The first-order chi connectivity index (χ1) is 12.6. The molecule has 1 saturated heterocycles. The van der Waals surface area contributed by atoms with Crippen molar-refractivity contribution in [3.8, 4) is 0 Å². The third kappa shape index (κ3) is 3.71. The van der Waals surface area contributed by atoms with Crippen molar-refractivity contribution in [1.29, 1.82) is 0 Å². The molecule has 11 heteroatoms. The first-order valence-electron chi connectivity index (χ1n) is 7.94. The Kier molecular flexibility index (Phi) is 5.28. The average molecular weight is 420 g/mol. The maximum Gasteiger partial charge on any atom is 0.501 e. The molecule has 1 N–H and O–H groups in total. The van der Waals surface area contributed by atoms with Gasteiger partial charge in [-0.15, -0.1) is 0 Å². The van der Waals surface area contributed by atoms with E-state index in [1.165, 1.54) is 12.3 Å². The van der Waals surface area contributed by atoms with Crippen molar-refractivity contribution in [2.45, 2.75) is 29.3 Å². The molecule has 27 heavy (non-hydrogen) atoms. The van der Waals surface area contributed by atoms with E-state index in [-0.39, 0.29) is 23.1 Å². The van der Waals surface area contributed by atoms with Crippen molar-refractivity contribution >= 4 is 32.1 Å². The van der Waals surface area contributed by atoms with Gasteiger partial charge < -0.3 is 10.0 Å². The fourth-order valence-electron chi connectivity index (χ4n) is 2.86. The summed E-state index contributed by atoms with van der Waals surface area (Å²) >= 11 is 1.05. The smallest absolute Gasteiger partial charge is 0.394 e. The molecule has 3 rings (SSSR count). The number of carbonyl (C=O) groups is 1. The van der Waals surface area contributed by atoms with Crippen LogP contribution in [0.2, 0.25) is 0 Å². The van der Waals surface area contributed by atoms with Gasteiger partial charge in [0.2, 0.25) is 5.78 Å². The lowest BCUT2D eigenvalue weighted by atomic mass is 10.1. The highest BCUT2D eigenvalue weighted by atomic mass is 32.2. The number of carbonyl (C=O) groups excluding carboxylic acids is 1. The first kappa shape index (κ1) is 19.8. The van der Waals surface area contributed by atoms with Crippen molar-refractivity contribution < 1.29 is 31.5 Å². The molecule has 0 radical (unpaired) electrons. The summed E-state index contributed by atoms with van der Waals surface area (Å²) in [5.74, 6) is -0.613. The Labute approximate surface area is 157 Å². The zero-order valence-electron chi connectivity index (χ0n) is 13.8. The first-order valence-corrected chi connectivity index (χ1v) is 10.2. The summed E-state index contributed by atoms with van der Waals surface area (Å²) in [5, 5.41) is 9.92. The molecular formula is C16H15F3N2O4S2. The van der Waals surface area contributed by atoms with Crippen LogP contribution in [0.4, 0.5) is 18.3 Å². The Hall–Kier alpha value is -1.98. The van der Waals surface area contributed by atoms with Crippen molar-refractivity contribution in [3.05, 3.63) is 40.9 Å². The maximum atomic E-state index is 12.7. The number of benzene rings is 1. The lowest BCUT2D eigenvalue weighted by Crippen LogP contribution is -2.31. The third-order valence-corrected chi connectivity index (χ3v) is 6.78. The molecule has 146 valence electrons. The lowest BCUT2D eigenvalue weighted by molar-refractivity contribution is -0.0436. The number of alkyl halides is 3. The summed E-state index contributed by atoms with van der Waals surface area (Å²) in [6, 6.07) is 3.78. The molecule has 1 aromatic heterocycles. The lowest BCUT2D eigenvalue weighted by Gasteiger charge is -2.21. The molecule has 2 aromatic rings. The largest absolute Gasteiger partial charge is 0.501 e. The molecule has 1 aliphatic rings. The number of rotatable bonds is 5. The summed E-state index contributed by atoms with van der Waals surface area (Å²) in [5.41, 5.74) is -5.61. The predicted molar refractivity (Wildman–Crippen MR) is 92.7 cm³/mol. The van der Waals surface area contributed by atoms with Crippen LogP contribution in [-0.4, -0.2) is 49.0 Å². The van der Waals surface area contributed by atoms with Crippen molar-refractivity contribution in [1.82, 2.24) is 4.98 Å². The Bertz CT molecular complexity index is 957. The second-order valence-corrected chi connectivity index (χ2v) is 8.94. The number of anilines is 1. The van der Waals surface area contributed by atoms with Gasteiger partial charge in [-0.25, -0.2) is 13.4 Å². The molecule has 0 saturated carbocycles. The van der Waals surface area contributed by atoms with E-state index in [4.69, 9.17) is 0 Å². The van der Waals surface area contributed by atoms with Gasteiger partial charge in [-0.3, -0.25) is 4.79 Å². The van der Waals surface area contributed by atoms with Gasteiger partial charge in [0.1, 0.15) is 0 Å². The third-order valence-electron chi connectivity index (χ3n) is 4.26. The van der Waals surface area contributed by atoms with Gasteiger partial charge in [0.25, 0.3) is 9.84 Å². The van der Waals surface area contributed by atoms with E-state index < -0.39 is 26.0 Å². The van der Waals surface area contributed by atoms with Gasteiger partial charge in [0, 0.05) is 12.1 Å². The van der Waals surface area contributed by atoms with Crippen molar-refractivity contribution in [2.75, 3.05) is 18.1 Å². The number of halogens is 3. The molecule has 0 unspecified atom stereocenters. The van der Waals surface area contributed by atoms with Gasteiger partial charge in [0.15, 0.2) is 5.13 Å². The number of aliphatic hydroxyl groups excluding tert-OH is 1. The Balaban J connectivity index is 1.88. The van der Waals surface area contributed by atoms with E-state index in [0.717, 1.165) is 42.4 Å². The molecule has 6 nitrogen and oxygen atoms in total. The van der Waals surface area contributed by atoms with Crippen LogP contribution in [0.25, 0.3) is 0 Å². The van der Waals surface area contributed by atoms with E-state index in [1.54, 1.807) is 0 Å². The number of nitrogens with zero attached hydrogens (tertiary/aromatic N) is 2. The van der Waals surface area contributed by atoms with Gasteiger partial charge in [-0.05, 0) is 25.0 Å². The fraction of sp³-hybridized carbons (Fsp3) is 0.375. The van der Waals surface area contributed by atoms with E-state index in [2.05, 4.69) is 4.98 Å². The summed E-state index contributed by atoms with van der Waals surface area (Å²) in [6.45, 7) is 0.645. The van der Waals surface area contributed by atoms with Crippen LogP contribution in [0.15, 0.2) is 35.4 Å². The van der Waals surface area contributed by atoms with Crippen LogP contribution in [0.3, 0.4) is 0 Å². The number of aromatic nitrogens is 1. The highest BCUT2D eigenvalue weighted by Gasteiger charge is 2.47. The van der Waals surface area contributed by atoms with Crippen molar-refractivity contribution in [3.63, 3.8) is 0 Å². The summed E-state index contributed by atoms with van der Waals surface area (Å²) < 4.78 is 61.2. The van der Waals surface area contributed by atoms with E-state index >= 15 is 0 Å². The molecule has 0 amide bonds. The minimum Gasteiger partial charge on any atom is -0.394 e. The molecule has 1 aromatic carbocycles. The fourth-order valence-corrected chi connectivity index (χ4v) is 4.64. The van der Waals surface area contributed by atoms with Gasteiger partial charge in [0.05, 0.1) is 28.6 Å². The van der Waals surface area contributed by atoms with Gasteiger partial charge in [-0.2, -0.15) is 13.2 Å². The SMILES string of the molecule is O=C(c1cccc(S(=O)(=O)C(F)(F)F)c1)c1cnc(N2CCC[C@H]2CO)s1. The topological polar surface area (TPSA) is 87.6 Å². The summed E-state index contributed by atoms with van der Waals surface area (Å²) in [4.78, 5) is 17.8. The Morgan fingerprint density at radius 1 is 1.37 bits per heavy atom. The van der Waals surface area contributed by atoms with E-state index in [9.17, 15) is 31.5 Å². The zero-order chi connectivity index (χ0) is 19.8. The molecule has 0 aliphatic carbocycles. The second kappa shape index (κ2) is 7.21. The van der Waals surface area contributed by atoms with Crippen LogP contribution < -0.4 is 4.90 Å². The minimum absolute atomic E-state index is 0.0415. The van der Waals surface area contributed by atoms with Crippen LogP contribution >= 0.6 is 11.3 Å². The Morgan fingerprint density at radius 3 is 2.78 bits per heavy atom. The maximum absolute atomic E-state index is 12.7. The normalized spacial score (nSPS) is 18.1. The van der Waals surface area contributed by atoms with Gasteiger partial charge in [-0.1, -0.05) is 23.5 Å². The predicted octanol–water partition coefficient (Wildman–Crippen LogP) is 2.63. The monoisotopic (exact) mass is 420 g/mol. The average Bonchev–Trinajstić information content (AvgIpc) is 3.28. The molecule has 1 atom stereocenters. The highest BCUT2D eigenvalue weighted by molar-refractivity contribution is 7.92. The Morgan fingerprint density at radius 2 is 2.11 bits per heavy atom. The molecule has 1 fully saturated rings. The highest BCUT2D eigenvalue weighted by Crippen LogP contribution is 2.33. The van der Waals surface area contributed by atoms with Crippen LogP contribution in [-0.2, 0) is 9.84 Å². The van der Waals surface area contributed by atoms with Gasteiger partial charge >= 0.3 is 5.51 Å². The molecule has 2 heterocycles. The second-order valence-electron chi connectivity index (χ2n) is 5.99. The van der Waals surface area contributed by atoms with Crippen molar-refractivity contribution in [2.24, 2.45) is 0 Å². The van der Waals surface area contributed by atoms with Crippen LogP contribution in [0.1, 0.15) is 28.1 Å². The quantitative estimate of drug-likeness (QED) is 0.749. The van der Waals surface area contributed by atoms with Crippen LogP contribution in [0, 0.1) is 0 Å².